The summed E-state index contributed by atoms with van der Waals surface area (Å²) in [6.45, 7) is 5.27. The number of ether oxygens (including phenoxy) is 1. The Balaban J connectivity index is 2.08. The first-order valence-electron chi connectivity index (χ1n) is 7.31. The van der Waals surface area contributed by atoms with E-state index in [1.165, 1.54) is 0 Å². The first-order chi connectivity index (χ1) is 9.94. The molecule has 0 radical (unpaired) electrons. The van der Waals surface area contributed by atoms with Gasteiger partial charge in [0, 0.05) is 24.6 Å². The van der Waals surface area contributed by atoms with Crippen LogP contribution in [0.15, 0.2) is 29.2 Å². The monoisotopic (exact) mass is 312 g/mol. The summed E-state index contributed by atoms with van der Waals surface area (Å²) >= 11 is 0. The van der Waals surface area contributed by atoms with Gasteiger partial charge in [0.2, 0.25) is 10.0 Å². The van der Waals surface area contributed by atoms with Gasteiger partial charge in [0.1, 0.15) is 0 Å². The molecule has 1 aliphatic rings. The highest BCUT2D eigenvalue weighted by molar-refractivity contribution is 7.89. The van der Waals surface area contributed by atoms with Crippen molar-refractivity contribution in [3.8, 4) is 0 Å². The summed E-state index contributed by atoms with van der Waals surface area (Å²) < 4.78 is 32.8. The molecule has 1 heterocycles. The Morgan fingerprint density at radius 2 is 1.90 bits per heavy atom. The van der Waals surface area contributed by atoms with Crippen LogP contribution in [0.4, 0.5) is 0 Å². The second-order valence-electron chi connectivity index (χ2n) is 5.61. The smallest absolute Gasteiger partial charge is 0.240 e. The minimum atomic E-state index is -3.47. The van der Waals surface area contributed by atoms with Crippen molar-refractivity contribution < 1.29 is 13.2 Å². The van der Waals surface area contributed by atoms with Gasteiger partial charge in [0.25, 0.3) is 0 Å². The lowest BCUT2D eigenvalue weighted by atomic mass is 10.0. The van der Waals surface area contributed by atoms with Crippen molar-refractivity contribution in [1.29, 1.82) is 0 Å². The number of benzene rings is 1. The lowest BCUT2D eigenvalue weighted by molar-refractivity contribution is 0.180. The van der Waals surface area contributed by atoms with E-state index in [4.69, 9.17) is 4.74 Å². The SMILES string of the molecule is CNC(C)c1ccc(S(=O)(=O)NC(C)C2CCOC2)cc1. The predicted molar refractivity (Wildman–Crippen MR) is 82.6 cm³/mol. The van der Waals surface area contributed by atoms with Crippen LogP contribution < -0.4 is 10.0 Å². The van der Waals surface area contributed by atoms with Gasteiger partial charge in [-0.25, -0.2) is 13.1 Å². The summed E-state index contributed by atoms with van der Waals surface area (Å²) in [6.07, 6.45) is 0.905. The zero-order valence-corrected chi connectivity index (χ0v) is 13.6. The Morgan fingerprint density at radius 3 is 2.43 bits per heavy atom. The zero-order valence-electron chi connectivity index (χ0n) is 12.8. The first-order valence-corrected chi connectivity index (χ1v) is 8.79. The van der Waals surface area contributed by atoms with E-state index in [9.17, 15) is 8.42 Å². The van der Waals surface area contributed by atoms with E-state index in [1.807, 2.05) is 33.0 Å². The normalized spacial score (nSPS) is 22.1. The molecular weight excluding hydrogens is 288 g/mol. The van der Waals surface area contributed by atoms with E-state index in [2.05, 4.69) is 10.0 Å². The summed E-state index contributed by atoms with van der Waals surface area (Å²) in [5, 5.41) is 3.13. The van der Waals surface area contributed by atoms with Crippen LogP contribution in [0.5, 0.6) is 0 Å². The average Bonchev–Trinajstić information content (AvgIpc) is 3.00. The van der Waals surface area contributed by atoms with Gasteiger partial charge in [-0.15, -0.1) is 0 Å². The lowest BCUT2D eigenvalue weighted by Gasteiger charge is -2.19. The number of sulfonamides is 1. The van der Waals surface area contributed by atoms with Crippen molar-refractivity contribution in [1.82, 2.24) is 10.0 Å². The first kappa shape index (κ1) is 16.4. The van der Waals surface area contributed by atoms with E-state index >= 15 is 0 Å². The largest absolute Gasteiger partial charge is 0.381 e. The van der Waals surface area contributed by atoms with E-state index in [0.717, 1.165) is 12.0 Å². The molecule has 1 fully saturated rings. The van der Waals surface area contributed by atoms with Crippen molar-refractivity contribution in [2.45, 2.75) is 37.2 Å². The van der Waals surface area contributed by atoms with Gasteiger partial charge in [0.15, 0.2) is 0 Å². The molecule has 5 nitrogen and oxygen atoms in total. The fourth-order valence-corrected chi connectivity index (χ4v) is 3.77. The van der Waals surface area contributed by atoms with Crippen LogP contribution >= 0.6 is 0 Å². The molecular formula is C15H24N2O3S. The maximum Gasteiger partial charge on any atom is 0.240 e. The van der Waals surface area contributed by atoms with Crippen LogP contribution in [-0.4, -0.2) is 34.7 Å². The minimum absolute atomic E-state index is 0.117. The van der Waals surface area contributed by atoms with Crippen LogP contribution in [0.25, 0.3) is 0 Å². The maximum atomic E-state index is 12.4. The molecule has 1 aliphatic heterocycles. The molecule has 1 saturated heterocycles. The van der Waals surface area contributed by atoms with Gasteiger partial charge in [-0.1, -0.05) is 12.1 Å². The number of hydrogen-bond acceptors (Lipinski definition) is 4. The molecule has 0 aromatic heterocycles. The highest BCUT2D eigenvalue weighted by Crippen LogP contribution is 2.20. The molecule has 21 heavy (non-hydrogen) atoms. The highest BCUT2D eigenvalue weighted by Gasteiger charge is 2.26. The second-order valence-corrected chi connectivity index (χ2v) is 7.33. The Labute approximate surface area is 127 Å². The molecule has 0 saturated carbocycles. The van der Waals surface area contributed by atoms with Gasteiger partial charge in [-0.2, -0.15) is 0 Å². The highest BCUT2D eigenvalue weighted by atomic mass is 32.2. The third-order valence-corrected chi connectivity index (χ3v) is 5.71. The van der Waals surface area contributed by atoms with Crippen LogP contribution in [0.1, 0.15) is 31.9 Å². The number of rotatable bonds is 6. The van der Waals surface area contributed by atoms with Crippen molar-refractivity contribution in [2.75, 3.05) is 20.3 Å². The van der Waals surface area contributed by atoms with Gasteiger partial charge < -0.3 is 10.1 Å². The van der Waals surface area contributed by atoms with Crippen LogP contribution in [0.2, 0.25) is 0 Å². The Morgan fingerprint density at radius 1 is 1.24 bits per heavy atom. The molecule has 6 heteroatoms. The van der Waals surface area contributed by atoms with Gasteiger partial charge in [-0.05, 0) is 45.0 Å². The Hall–Kier alpha value is -0.950. The Kier molecular flexibility index (Phi) is 5.37. The summed E-state index contributed by atoms with van der Waals surface area (Å²) in [4.78, 5) is 0.306. The molecule has 0 aliphatic carbocycles. The summed E-state index contributed by atoms with van der Waals surface area (Å²) in [6, 6.07) is 7.09. The third-order valence-electron chi connectivity index (χ3n) is 4.14. The van der Waals surface area contributed by atoms with Gasteiger partial charge in [0.05, 0.1) is 11.5 Å². The molecule has 2 rings (SSSR count). The summed E-state index contributed by atoms with van der Waals surface area (Å²) in [5.74, 6) is 0.253. The second kappa shape index (κ2) is 6.87. The van der Waals surface area contributed by atoms with Crippen molar-refractivity contribution >= 4 is 10.0 Å². The minimum Gasteiger partial charge on any atom is -0.381 e. The third kappa shape index (κ3) is 4.03. The zero-order chi connectivity index (χ0) is 15.5. The van der Waals surface area contributed by atoms with E-state index < -0.39 is 10.0 Å². The fourth-order valence-electron chi connectivity index (χ4n) is 2.46. The van der Waals surface area contributed by atoms with Crippen molar-refractivity contribution in [3.05, 3.63) is 29.8 Å². The topological polar surface area (TPSA) is 67.4 Å². The molecule has 2 N–H and O–H groups in total. The standard InChI is InChI=1S/C15H24N2O3S/c1-11(16-3)13-4-6-15(7-5-13)21(18,19)17-12(2)14-8-9-20-10-14/h4-7,11-12,14,16-17H,8-10H2,1-3H3. The van der Waals surface area contributed by atoms with Crippen LogP contribution in [0, 0.1) is 5.92 Å². The van der Waals surface area contributed by atoms with E-state index in [0.29, 0.717) is 18.1 Å². The lowest BCUT2D eigenvalue weighted by Crippen LogP contribution is -2.38. The average molecular weight is 312 g/mol. The molecule has 0 spiro atoms. The maximum absolute atomic E-state index is 12.4. The quantitative estimate of drug-likeness (QED) is 0.838. The van der Waals surface area contributed by atoms with Crippen molar-refractivity contribution in [3.63, 3.8) is 0 Å². The molecule has 0 amide bonds. The summed E-state index contributed by atoms with van der Waals surface area (Å²) in [5.41, 5.74) is 1.06. The molecule has 1 aromatic rings. The van der Waals surface area contributed by atoms with Crippen molar-refractivity contribution in [2.24, 2.45) is 5.92 Å². The molecule has 1 aromatic carbocycles. The van der Waals surface area contributed by atoms with E-state index in [1.54, 1.807) is 12.1 Å². The van der Waals surface area contributed by atoms with Gasteiger partial charge in [-0.3, -0.25) is 0 Å². The van der Waals surface area contributed by atoms with Crippen LogP contribution in [0.3, 0.4) is 0 Å². The predicted octanol–water partition coefficient (Wildman–Crippen LogP) is 1.67. The van der Waals surface area contributed by atoms with E-state index in [-0.39, 0.29) is 18.0 Å². The molecule has 0 bridgehead atoms. The number of nitrogens with one attached hydrogen (secondary N) is 2. The molecule has 3 unspecified atom stereocenters. The Bertz CT molecular complexity index is 551. The van der Waals surface area contributed by atoms with Crippen LogP contribution in [-0.2, 0) is 14.8 Å². The van der Waals surface area contributed by atoms with Gasteiger partial charge >= 0.3 is 0 Å². The molecule has 3 atom stereocenters. The number of hydrogen-bond donors (Lipinski definition) is 2. The summed E-state index contributed by atoms with van der Waals surface area (Å²) in [7, 11) is -1.59. The fraction of sp³-hybridized carbons (Fsp3) is 0.600. The molecule has 118 valence electrons.